The smallest absolute Gasteiger partial charge is 0.0102 e. The van der Waals surface area contributed by atoms with Crippen molar-refractivity contribution in [3.63, 3.8) is 0 Å². The number of nitrogens with two attached hydrogens (primary N) is 1. The highest BCUT2D eigenvalue weighted by Crippen LogP contribution is 2.28. The number of hydrogen-bond donors (Lipinski definition) is 1. The fourth-order valence-electron chi connectivity index (χ4n) is 1.52. The minimum Gasteiger partial charge on any atom is -0.327 e. The minimum atomic E-state index is 0.377. The topological polar surface area (TPSA) is 26.0 Å². The normalized spacial score (nSPS) is 23.5. The zero-order chi connectivity index (χ0) is 8.10. The summed E-state index contributed by atoms with van der Waals surface area (Å²) < 4.78 is 0. The summed E-state index contributed by atoms with van der Waals surface area (Å²) in [5.41, 5.74) is 5.69. The molecule has 0 aromatic carbocycles. The first-order valence-corrected chi connectivity index (χ1v) is 5.71. The molecule has 0 aromatic rings. The van der Waals surface area contributed by atoms with Crippen molar-refractivity contribution < 1.29 is 0 Å². The number of rotatable bonds is 3. The van der Waals surface area contributed by atoms with Crippen molar-refractivity contribution in [2.75, 3.05) is 5.75 Å². The van der Waals surface area contributed by atoms with Gasteiger partial charge in [-0.3, -0.25) is 0 Å². The SMILES string of the molecule is CC(N)CSC1CCCCC1. The van der Waals surface area contributed by atoms with Crippen molar-refractivity contribution in [3.05, 3.63) is 0 Å². The summed E-state index contributed by atoms with van der Waals surface area (Å²) in [6.45, 7) is 2.09. The average Bonchev–Trinajstić information content (AvgIpc) is 2.03. The maximum absolute atomic E-state index is 5.69. The molecule has 0 saturated heterocycles. The molecule has 2 N–H and O–H groups in total. The summed E-state index contributed by atoms with van der Waals surface area (Å²) in [5, 5.41) is 0.926. The molecule has 0 aliphatic heterocycles. The molecule has 11 heavy (non-hydrogen) atoms. The van der Waals surface area contributed by atoms with Gasteiger partial charge in [-0.05, 0) is 19.8 Å². The quantitative estimate of drug-likeness (QED) is 0.709. The van der Waals surface area contributed by atoms with Gasteiger partial charge in [-0.15, -0.1) is 0 Å². The Hall–Kier alpha value is 0.310. The van der Waals surface area contributed by atoms with Gasteiger partial charge in [0.2, 0.25) is 0 Å². The van der Waals surface area contributed by atoms with Gasteiger partial charge in [-0.25, -0.2) is 0 Å². The molecular formula is C9H19NS. The molecule has 1 nitrogen and oxygen atoms in total. The lowest BCUT2D eigenvalue weighted by Crippen LogP contribution is -2.20. The van der Waals surface area contributed by atoms with Gasteiger partial charge in [0, 0.05) is 17.0 Å². The maximum atomic E-state index is 5.69. The first kappa shape index (κ1) is 9.40. The fraction of sp³-hybridized carbons (Fsp3) is 1.00. The first-order valence-electron chi connectivity index (χ1n) is 4.66. The summed E-state index contributed by atoms with van der Waals surface area (Å²) >= 11 is 2.08. The molecule has 1 aliphatic carbocycles. The predicted octanol–water partition coefficient (Wildman–Crippen LogP) is 2.40. The highest BCUT2D eigenvalue weighted by molar-refractivity contribution is 7.99. The van der Waals surface area contributed by atoms with E-state index in [4.69, 9.17) is 5.73 Å². The third kappa shape index (κ3) is 4.02. The lowest BCUT2D eigenvalue weighted by Gasteiger charge is -2.21. The second-order valence-electron chi connectivity index (χ2n) is 3.57. The summed E-state index contributed by atoms with van der Waals surface area (Å²) in [6, 6.07) is 0.377. The van der Waals surface area contributed by atoms with Crippen molar-refractivity contribution in [2.24, 2.45) is 5.73 Å². The van der Waals surface area contributed by atoms with Gasteiger partial charge in [0.05, 0.1) is 0 Å². The second-order valence-corrected chi connectivity index (χ2v) is 4.90. The van der Waals surface area contributed by atoms with Crippen molar-refractivity contribution in [3.8, 4) is 0 Å². The first-order chi connectivity index (χ1) is 5.29. The molecule has 2 heteroatoms. The van der Waals surface area contributed by atoms with Crippen LogP contribution in [0.3, 0.4) is 0 Å². The third-order valence-corrected chi connectivity index (χ3v) is 3.81. The van der Waals surface area contributed by atoms with E-state index in [0.29, 0.717) is 6.04 Å². The van der Waals surface area contributed by atoms with Gasteiger partial charge < -0.3 is 5.73 Å². The Bertz CT molecular complexity index is 97.7. The third-order valence-electron chi connectivity index (χ3n) is 2.15. The van der Waals surface area contributed by atoms with Gasteiger partial charge >= 0.3 is 0 Å². The molecule has 0 radical (unpaired) electrons. The van der Waals surface area contributed by atoms with Crippen LogP contribution in [0.25, 0.3) is 0 Å². The van der Waals surface area contributed by atoms with E-state index in [9.17, 15) is 0 Å². The van der Waals surface area contributed by atoms with Crippen LogP contribution in [0.1, 0.15) is 39.0 Å². The van der Waals surface area contributed by atoms with E-state index in [1.54, 1.807) is 0 Å². The Labute approximate surface area is 74.1 Å². The monoisotopic (exact) mass is 173 g/mol. The van der Waals surface area contributed by atoms with Gasteiger partial charge in [0.1, 0.15) is 0 Å². The zero-order valence-corrected chi connectivity index (χ0v) is 8.20. The number of thioether (sulfide) groups is 1. The predicted molar refractivity (Wildman–Crippen MR) is 53.0 cm³/mol. The average molecular weight is 173 g/mol. The molecule has 1 fully saturated rings. The molecule has 0 heterocycles. The Kier molecular flexibility index (Phi) is 4.31. The van der Waals surface area contributed by atoms with E-state index >= 15 is 0 Å². The van der Waals surface area contributed by atoms with Crippen molar-refractivity contribution in [1.29, 1.82) is 0 Å². The van der Waals surface area contributed by atoms with Crippen LogP contribution < -0.4 is 5.73 Å². The van der Waals surface area contributed by atoms with Crippen LogP contribution in [0.4, 0.5) is 0 Å². The highest BCUT2D eigenvalue weighted by atomic mass is 32.2. The van der Waals surface area contributed by atoms with E-state index in [0.717, 1.165) is 11.0 Å². The molecule has 66 valence electrons. The lowest BCUT2D eigenvalue weighted by atomic mass is 10.0. The summed E-state index contributed by atoms with van der Waals surface area (Å²) in [6.07, 6.45) is 7.19. The Morgan fingerprint density at radius 2 is 2.00 bits per heavy atom. The second kappa shape index (κ2) is 5.04. The van der Waals surface area contributed by atoms with Crippen LogP contribution in [0, 0.1) is 0 Å². The van der Waals surface area contributed by atoms with Crippen molar-refractivity contribution in [1.82, 2.24) is 0 Å². The van der Waals surface area contributed by atoms with Gasteiger partial charge in [-0.1, -0.05) is 19.3 Å². The lowest BCUT2D eigenvalue weighted by molar-refractivity contribution is 0.515. The van der Waals surface area contributed by atoms with E-state index in [2.05, 4.69) is 18.7 Å². The van der Waals surface area contributed by atoms with Crippen LogP contribution in [-0.2, 0) is 0 Å². The minimum absolute atomic E-state index is 0.377. The Morgan fingerprint density at radius 1 is 1.36 bits per heavy atom. The number of hydrogen-bond acceptors (Lipinski definition) is 2. The van der Waals surface area contributed by atoms with Crippen LogP contribution in [0.2, 0.25) is 0 Å². The molecule has 1 unspecified atom stereocenters. The summed E-state index contributed by atoms with van der Waals surface area (Å²) in [4.78, 5) is 0. The molecule has 1 rings (SSSR count). The highest BCUT2D eigenvalue weighted by Gasteiger charge is 2.13. The molecule has 0 amide bonds. The maximum Gasteiger partial charge on any atom is 0.0102 e. The van der Waals surface area contributed by atoms with Crippen LogP contribution >= 0.6 is 11.8 Å². The van der Waals surface area contributed by atoms with E-state index < -0.39 is 0 Å². The van der Waals surface area contributed by atoms with Gasteiger partial charge in [0.25, 0.3) is 0 Å². The largest absolute Gasteiger partial charge is 0.327 e. The van der Waals surface area contributed by atoms with Crippen molar-refractivity contribution >= 4 is 11.8 Å². The Balaban J connectivity index is 2.05. The molecule has 1 aliphatic rings. The standard InChI is InChI=1S/C9H19NS/c1-8(10)7-11-9-5-3-2-4-6-9/h8-9H,2-7,10H2,1H3. The van der Waals surface area contributed by atoms with Crippen LogP contribution in [0.5, 0.6) is 0 Å². The molecule has 0 spiro atoms. The summed E-state index contributed by atoms with van der Waals surface area (Å²) in [5.74, 6) is 1.14. The van der Waals surface area contributed by atoms with Gasteiger partial charge in [-0.2, -0.15) is 11.8 Å². The van der Waals surface area contributed by atoms with Crippen molar-refractivity contribution in [2.45, 2.75) is 50.3 Å². The molecular weight excluding hydrogens is 154 g/mol. The molecule has 0 aromatic heterocycles. The Morgan fingerprint density at radius 3 is 2.55 bits per heavy atom. The van der Waals surface area contributed by atoms with Crippen LogP contribution in [0.15, 0.2) is 0 Å². The molecule has 1 atom stereocenters. The van der Waals surface area contributed by atoms with E-state index in [1.165, 1.54) is 32.1 Å². The fourth-order valence-corrected chi connectivity index (χ4v) is 2.76. The molecule has 0 bridgehead atoms. The molecule has 1 saturated carbocycles. The van der Waals surface area contributed by atoms with E-state index in [-0.39, 0.29) is 0 Å². The van der Waals surface area contributed by atoms with Crippen LogP contribution in [-0.4, -0.2) is 17.0 Å². The summed E-state index contributed by atoms with van der Waals surface area (Å²) in [7, 11) is 0. The zero-order valence-electron chi connectivity index (χ0n) is 7.38. The van der Waals surface area contributed by atoms with E-state index in [1.807, 2.05) is 0 Å². The van der Waals surface area contributed by atoms with Gasteiger partial charge in [0.15, 0.2) is 0 Å².